The Hall–Kier alpha value is -0.520. The maximum atomic E-state index is 4.12. The minimum Gasteiger partial charge on any atom is -0.0958 e. The molecule has 0 heteroatoms. The highest BCUT2D eigenvalue weighted by Gasteiger charge is 1.92. The monoisotopic (exact) mass is 278 g/mol. The van der Waals surface area contributed by atoms with E-state index < -0.39 is 0 Å². The third kappa shape index (κ3) is 15.5. The Kier molecular flexibility index (Phi) is 16.1. The van der Waals surface area contributed by atoms with Crippen LogP contribution in [0.15, 0.2) is 24.3 Å². The van der Waals surface area contributed by atoms with Crippen LogP contribution in [0.3, 0.4) is 0 Å². The highest BCUT2D eigenvalue weighted by atomic mass is 14.0. The predicted molar refractivity (Wildman–Crippen MR) is 94.3 cm³/mol. The van der Waals surface area contributed by atoms with Gasteiger partial charge in [-0.2, -0.15) is 0 Å². The van der Waals surface area contributed by atoms with Crippen molar-refractivity contribution in [2.75, 3.05) is 0 Å². The van der Waals surface area contributed by atoms with Crippen molar-refractivity contribution in [3.63, 3.8) is 0 Å². The van der Waals surface area contributed by atoms with Gasteiger partial charge in [-0.1, -0.05) is 102 Å². The summed E-state index contributed by atoms with van der Waals surface area (Å²) in [6, 6.07) is 0. The highest BCUT2D eigenvalue weighted by Crippen LogP contribution is 2.12. The summed E-state index contributed by atoms with van der Waals surface area (Å²) >= 11 is 0. The van der Waals surface area contributed by atoms with Gasteiger partial charge in [0, 0.05) is 0 Å². The smallest absolute Gasteiger partial charge is 0.0285 e. The maximum Gasteiger partial charge on any atom is -0.0285 e. The summed E-state index contributed by atoms with van der Waals surface area (Å²) in [4.78, 5) is 0. The largest absolute Gasteiger partial charge is 0.0958 e. The Bertz CT molecular complexity index is 224. The van der Waals surface area contributed by atoms with Crippen molar-refractivity contribution < 1.29 is 0 Å². The van der Waals surface area contributed by atoms with E-state index >= 15 is 0 Å². The lowest BCUT2D eigenvalue weighted by Crippen LogP contribution is -1.81. The van der Waals surface area contributed by atoms with Gasteiger partial charge in [0.2, 0.25) is 0 Å². The Morgan fingerprint density at radius 2 is 1.20 bits per heavy atom. The van der Waals surface area contributed by atoms with E-state index in [2.05, 4.69) is 32.6 Å². The number of hydrogen-bond acceptors (Lipinski definition) is 0. The Balaban J connectivity index is 3.20. The third-order valence-corrected chi connectivity index (χ3v) is 3.93. The van der Waals surface area contributed by atoms with E-state index in [4.69, 9.17) is 0 Å². The zero-order valence-corrected chi connectivity index (χ0v) is 14.3. The predicted octanol–water partition coefficient (Wildman–Crippen LogP) is 7.60. The molecular weight excluding hydrogens is 240 g/mol. The van der Waals surface area contributed by atoms with Crippen molar-refractivity contribution in [3.05, 3.63) is 24.3 Å². The molecule has 0 aromatic carbocycles. The fourth-order valence-corrected chi connectivity index (χ4v) is 2.51. The number of hydrogen-bond donors (Lipinski definition) is 0. The average Bonchev–Trinajstić information content (AvgIpc) is 2.45. The Morgan fingerprint density at radius 1 is 0.700 bits per heavy atom. The molecule has 0 atom stereocenters. The quantitative estimate of drug-likeness (QED) is 0.214. The van der Waals surface area contributed by atoms with Gasteiger partial charge in [-0.05, 0) is 25.7 Å². The van der Waals surface area contributed by atoms with Gasteiger partial charge in [0.25, 0.3) is 0 Å². The van der Waals surface area contributed by atoms with E-state index in [0.717, 1.165) is 0 Å². The highest BCUT2D eigenvalue weighted by molar-refractivity contribution is 5.13. The van der Waals surface area contributed by atoms with Crippen LogP contribution in [-0.4, -0.2) is 0 Å². The van der Waals surface area contributed by atoms with Gasteiger partial charge < -0.3 is 0 Å². The van der Waals surface area contributed by atoms with Gasteiger partial charge in [0.15, 0.2) is 0 Å². The topological polar surface area (TPSA) is 0 Å². The Morgan fingerprint density at radius 3 is 1.80 bits per heavy atom. The third-order valence-electron chi connectivity index (χ3n) is 3.93. The molecule has 118 valence electrons. The van der Waals surface area contributed by atoms with Crippen LogP contribution in [0.4, 0.5) is 0 Å². The average molecular weight is 279 g/mol. The van der Waals surface area contributed by atoms with E-state index in [1.54, 1.807) is 0 Å². The van der Waals surface area contributed by atoms with Gasteiger partial charge in [-0.3, -0.25) is 0 Å². The van der Waals surface area contributed by atoms with Gasteiger partial charge >= 0.3 is 0 Å². The van der Waals surface area contributed by atoms with E-state index in [1.165, 1.54) is 95.5 Å². The van der Waals surface area contributed by atoms with Crippen molar-refractivity contribution >= 4 is 0 Å². The summed E-state index contributed by atoms with van der Waals surface area (Å²) in [5.74, 6) is 0. The second-order valence-electron chi connectivity index (χ2n) is 6.13. The molecule has 0 aliphatic carbocycles. The van der Waals surface area contributed by atoms with Gasteiger partial charge in [0.05, 0.1) is 0 Å². The second-order valence-corrected chi connectivity index (χ2v) is 6.13. The lowest BCUT2D eigenvalue weighted by atomic mass is 10.1. The molecule has 0 spiro atoms. The van der Waals surface area contributed by atoms with Crippen LogP contribution in [0.5, 0.6) is 0 Å². The summed E-state index contributed by atoms with van der Waals surface area (Å²) in [6.07, 6.45) is 23.7. The van der Waals surface area contributed by atoms with E-state index in [9.17, 15) is 0 Å². The number of allylic oxidation sites excluding steroid dienone is 3. The molecule has 0 aromatic heterocycles. The lowest BCUT2D eigenvalue weighted by molar-refractivity contribution is 0.566. The molecular formula is C20H38. The zero-order chi connectivity index (χ0) is 14.9. The first-order valence-corrected chi connectivity index (χ1v) is 9.15. The van der Waals surface area contributed by atoms with Crippen molar-refractivity contribution in [2.24, 2.45) is 0 Å². The van der Waals surface area contributed by atoms with Crippen LogP contribution < -0.4 is 0 Å². The molecule has 0 saturated carbocycles. The molecule has 0 bridgehead atoms. The summed E-state index contributed by atoms with van der Waals surface area (Å²) in [6.45, 7) is 8.66. The SMILES string of the molecule is C=C(/C=C/CCCCCCCCCCC)CCCCC. The van der Waals surface area contributed by atoms with Crippen molar-refractivity contribution in [1.82, 2.24) is 0 Å². The minimum absolute atomic E-state index is 1.18. The summed E-state index contributed by atoms with van der Waals surface area (Å²) in [5.41, 5.74) is 1.31. The van der Waals surface area contributed by atoms with Crippen molar-refractivity contribution in [2.45, 2.75) is 104 Å². The molecule has 0 N–H and O–H groups in total. The first-order valence-electron chi connectivity index (χ1n) is 9.15. The molecule has 0 aliphatic heterocycles. The fourth-order valence-electron chi connectivity index (χ4n) is 2.51. The molecule has 0 nitrogen and oxygen atoms in total. The van der Waals surface area contributed by atoms with E-state index in [0.29, 0.717) is 0 Å². The van der Waals surface area contributed by atoms with Gasteiger partial charge in [-0.15, -0.1) is 0 Å². The van der Waals surface area contributed by atoms with Crippen molar-refractivity contribution in [3.8, 4) is 0 Å². The van der Waals surface area contributed by atoms with Crippen LogP contribution in [0.2, 0.25) is 0 Å². The normalized spacial score (nSPS) is 11.3. The minimum atomic E-state index is 1.18. The number of unbranched alkanes of at least 4 members (excludes halogenated alkanes) is 11. The molecule has 0 rings (SSSR count). The van der Waals surface area contributed by atoms with Crippen molar-refractivity contribution in [1.29, 1.82) is 0 Å². The molecule has 0 heterocycles. The second kappa shape index (κ2) is 16.5. The molecule has 0 saturated heterocycles. The molecule has 0 fully saturated rings. The van der Waals surface area contributed by atoms with Crippen LogP contribution >= 0.6 is 0 Å². The van der Waals surface area contributed by atoms with E-state index in [1.807, 2.05) is 0 Å². The fraction of sp³-hybridized carbons (Fsp3) is 0.800. The first-order chi connectivity index (χ1) is 9.81. The summed E-state index contributed by atoms with van der Waals surface area (Å²) in [7, 11) is 0. The van der Waals surface area contributed by atoms with Gasteiger partial charge in [0.1, 0.15) is 0 Å². The van der Waals surface area contributed by atoms with Crippen LogP contribution in [0.1, 0.15) is 104 Å². The van der Waals surface area contributed by atoms with Crippen LogP contribution in [0, 0.1) is 0 Å². The number of rotatable bonds is 15. The Labute approximate surface area is 128 Å². The molecule has 0 amide bonds. The lowest BCUT2D eigenvalue weighted by Gasteiger charge is -2.01. The summed E-state index contributed by atoms with van der Waals surface area (Å²) in [5, 5.41) is 0. The molecule has 20 heavy (non-hydrogen) atoms. The van der Waals surface area contributed by atoms with Crippen LogP contribution in [-0.2, 0) is 0 Å². The molecule has 0 aliphatic rings. The first kappa shape index (κ1) is 19.5. The van der Waals surface area contributed by atoms with Gasteiger partial charge in [-0.25, -0.2) is 0 Å². The summed E-state index contributed by atoms with van der Waals surface area (Å²) < 4.78 is 0. The van der Waals surface area contributed by atoms with E-state index in [-0.39, 0.29) is 0 Å². The standard InChI is InChI=1S/C20H38/c1-4-6-8-9-10-11-12-13-14-15-17-19-20(3)18-16-7-5-2/h17,19H,3-16,18H2,1-2H3/b19-17+. The van der Waals surface area contributed by atoms with Crippen LogP contribution in [0.25, 0.3) is 0 Å². The molecule has 0 unspecified atom stereocenters. The maximum absolute atomic E-state index is 4.12. The molecule has 0 aromatic rings. The zero-order valence-electron chi connectivity index (χ0n) is 14.3. The molecule has 0 radical (unpaired) electrons.